The maximum atomic E-state index is 12.4. The Hall–Kier alpha value is -1.83. The molecular formula is C14H19F3N2O3. The summed E-state index contributed by atoms with van der Waals surface area (Å²) in [7, 11) is 0. The van der Waals surface area contributed by atoms with Gasteiger partial charge in [0.2, 0.25) is 6.41 Å². The van der Waals surface area contributed by atoms with E-state index in [0.717, 1.165) is 5.57 Å². The largest absolute Gasteiger partial charge is 0.391 e. The zero-order valence-corrected chi connectivity index (χ0v) is 12.4. The van der Waals surface area contributed by atoms with Gasteiger partial charge in [0.25, 0.3) is 5.91 Å². The van der Waals surface area contributed by atoms with Gasteiger partial charge < -0.3 is 15.0 Å². The summed E-state index contributed by atoms with van der Waals surface area (Å²) in [4.78, 5) is 24.0. The number of amides is 2. The number of hydrogen-bond acceptors (Lipinski definition) is 3. The van der Waals surface area contributed by atoms with Gasteiger partial charge in [0, 0.05) is 19.3 Å². The lowest BCUT2D eigenvalue weighted by molar-refractivity contribution is -0.173. The topological polar surface area (TPSA) is 58.6 Å². The lowest BCUT2D eigenvalue weighted by Gasteiger charge is -2.33. The summed E-state index contributed by atoms with van der Waals surface area (Å²) in [5.41, 5.74) is 1.03. The van der Waals surface area contributed by atoms with Crippen LogP contribution in [0.15, 0.2) is 23.4 Å². The van der Waals surface area contributed by atoms with Crippen molar-refractivity contribution < 1.29 is 27.5 Å². The molecule has 5 nitrogen and oxygen atoms in total. The van der Waals surface area contributed by atoms with Crippen LogP contribution >= 0.6 is 0 Å². The third-order valence-electron chi connectivity index (χ3n) is 2.88. The van der Waals surface area contributed by atoms with E-state index in [1.54, 1.807) is 19.9 Å². The van der Waals surface area contributed by atoms with Crippen LogP contribution in [0.1, 0.15) is 20.3 Å². The van der Waals surface area contributed by atoms with Gasteiger partial charge in [0.1, 0.15) is 0 Å². The van der Waals surface area contributed by atoms with E-state index in [-0.39, 0.29) is 25.3 Å². The van der Waals surface area contributed by atoms with Crippen LogP contribution in [0.25, 0.3) is 0 Å². The van der Waals surface area contributed by atoms with Crippen molar-refractivity contribution in [3.05, 3.63) is 23.4 Å². The molecule has 0 aliphatic carbocycles. The van der Waals surface area contributed by atoms with Gasteiger partial charge >= 0.3 is 6.18 Å². The summed E-state index contributed by atoms with van der Waals surface area (Å²) in [5.74, 6) is -0.439. The summed E-state index contributed by atoms with van der Waals surface area (Å²) < 4.78 is 42.3. The smallest absolute Gasteiger partial charge is 0.374 e. The van der Waals surface area contributed by atoms with Crippen LogP contribution in [0.4, 0.5) is 13.2 Å². The molecule has 1 N–H and O–H groups in total. The van der Waals surface area contributed by atoms with Crippen molar-refractivity contribution >= 4 is 12.3 Å². The monoisotopic (exact) mass is 320 g/mol. The van der Waals surface area contributed by atoms with E-state index in [1.165, 1.54) is 11.1 Å². The maximum Gasteiger partial charge on any atom is 0.391 e. The molecule has 1 unspecified atom stereocenters. The number of nitrogens with one attached hydrogen (secondary N) is 1. The highest BCUT2D eigenvalue weighted by atomic mass is 19.4. The molecule has 0 bridgehead atoms. The molecule has 0 aromatic carbocycles. The van der Waals surface area contributed by atoms with Gasteiger partial charge in [-0.3, -0.25) is 9.59 Å². The lowest BCUT2D eigenvalue weighted by Crippen LogP contribution is -2.47. The third-order valence-corrected chi connectivity index (χ3v) is 2.88. The van der Waals surface area contributed by atoms with E-state index in [4.69, 9.17) is 4.74 Å². The highest BCUT2D eigenvalue weighted by molar-refractivity contribution is 5.96. The number of rotatable bonds is 5. The van der Waals surface area contributed by atoms with E-state index in [9.17, 15) is 22.8 Å². The van der Waals surface area contributed by atoms with Crippen LogP contribution < -0.4 is 5.32 Å². The summed E-state index contributed by atoms with van der Waals surface area (Å²) in [6, 6.07) is 0. The fraction of sp³-hybridized carbons (Fsp3) is 0.571. The van der Waals surface area contributed by atoms with Crippen LogP contribution in [-0.4, -0.2) is 49.2 Å². The number of ether oxygens (including phenoxy) is 1. The van der Waals surface area contributed by atoms with Crippen molar-refractivity contribution in [1.29, 1.82) is 0 Å². The van der Waals surface area contributed by atoms with Crippen molar-refractivity contribution in [1.82, 2.24) is 10.2 Å². The van der Waals surface area contributed by atoms with Crippen molar-refractivity contribution in [2.45, 2.75) is 32.5 Å². The van der Waals surface area contributed by atoms with Crippen molar-refractivity contribution in [2.75, 3.05) is 19.7 Å². The SMILES string of the molecule is CC(C)=C/C(=C\NC=O)C(=O)N1CCOC(CC(F)(F)F)C1. The number of halogens is 3. The molecule has 124 valence electrons. The summed E-state index contributed by atoms with van der Waals surface area (Å²) in [6.07, 6.45) is -3.29. The number of carbonyl (C=O) groups excluding carboxylic acids is 2. The third kappa shape index (κ3) is 6.30. The fourth-order valence-electron chi connectivity index (χ4n) is 2.07. The van der Waals surface area contributed by atoms with E-state index in [0.29, 0.717) is 6.41 Å². The van der Waals surface area contributed by atoms with Crippen molar-refractivity contribution in [2.24, 2.45) is 0 Å². The molecular weight excluding hydrogens is 301 g/mol. The number of carbonyl (C=O) groups is 2. The first-order chi connectivity index (χ1) is 10.2. The van der Waals surface area contributed by atoms with Crippen molar-refractivity contribution in [3.8, 4) is 0 Å². The van der Waals surface area contributed by atoms with Crippen molar-refractivity contribution in [3.63, 3.8) is 0 Å². The fourth-order valence-corrected chi connectivity index (χ4v) is 2.07. The number of hydrogen-bond donors (Lipinski definition) is 1. The first-order valence-corrected chi connectivity index (χ1v) is 6.75. The predicted octanol–water partition coefficient (Wildman–Crippen LogP) is 1.76. The van der Waals surface area contributed by atoms with Crippen LogP contribution in [0.5, 0.6) is 0 Å². The molecule has 1 heterocycles. The van der Waals surface area contributed by atoms with Gasteiger partial charge in [-0.15, -0.1) is 0 Å². The molecule has 0 saturated carbocycles. The molecule has 1 fully saturated rings. The molecule has 1 aliphatic rings. The molecule has 0 aromatic rings. The Kier molecular flexibility index (Phi) is 6.61. The molecule has 22 heavy (non-hydrogen) atoms. The molecule has 1 saturated heterocycles. The zero-order chi connectivity index (χ0) is 16.8. The van der Waals surface area contributed by atoms with Gasteiger partial charge in [-0.05, 0) is 19.9 Å². The van der Waals surface area contributed by atoms with Crippen LogP contribution in [-0.2, 0) is 14.3 Å². The van der Waals surface area contributed by atoms with Gasteiger partial charge in [0.05, 0.1) is 24.7 Å². The van der Waals surface area contributed by atoms with Crippen LogP contribution in [0.3, 0.4) is 0 Å². The quantitative estimate of drug-likeness (QED) is 0.477. The summed E-state index contributed by atoms with van der Waals surface area (Å²) in [5, 5.41) is 2.28. The molecule has 1 rings (SSSR count). The molecule has 0 radical (unpaired) electrons. The minimum Gasteiger partial charge on any atom is -0.374 e. The van der Waals surface area contributed by atoms with Gasteiger partial charge in [-0.25, -0.2) is 0 Å². The average Bonchev–Trinajstić information content (AvgIpc) is 2.40. The minimum atomic E-state index is -4.34. The Labute approximate surface area is 126 Å². The molecule has 8 heteroatoms. The van der Waals surface area contributed by atoms with Crippen LogP contribution in [0.2, 0.25) is 0 Å². The lowest BCUT2D eigenvalue weighted by atomic mass is 10.1. The molecule has 2 amide bonds. The maximum absolute atomic E-state index is 12.4. The highest BCUT2D eigenvalue weighted by Crippen LogP contribution is 2.25. The summed E-state index contributed by atoms with van der Waals surface area (Å²) in [6.45, 7) is 3.67. The number of alkyl halides is 3. The molecule has 0 aromatic heterocycles. The Bertz CT molecular complexity index is 468. The Morgan fingerprint density at radius 3 is 2.64 bits per heavy atom. The Morgan fingerprint density at radius 2 is 2.09 bits per heavy atom. The van der Waals surface area contributed by atoms with Crippen LogP contribution in [0, 0.1) is 0 Å². The second kappa shape index (κ2) is 7.98. The zero-order valence-electron chi connectivity index (χ0n) is 12.4. The molecule has 1 aliphatic heterocycles. The standard InChI is InChI=1S/C14H19F3N2O3/c1-10(2)5-11(7-18-9-20)13(21)19-3-4-22-12(8-19)6-14(15,16)17/h5,7,9,12H,3-4,6,8H2,1-2H3,(H,18,20)/b11-7+. The molecule has 1 atom stereocenters. The van der Waals surface area contributed by atoms with Gasteiger partial charge in [-0.2, -0.15) is 13.2 Å². The normalized spacial score (nSPS) is 19.6. The first kappa shape index (κ1) is 18.2. The Balaban J connectivity index is 2.81. The number of allylic oxidation sites excluding steroid dienone is 1. The molecule has 0 spiro atoms. The second-order valence-corrected chi connectivity index (χ2v) is 5.17. The van der Waals surface area contributed by atoms with E-state index >= 15 is 0 Å². The Morgan fingerprint density at radius 1 is 1.41 bits per heavy atom. The van der Waals surface area contributed by atoms with E-state index in [1.807, 2.05) is 0 Å². The van der Waals surface area contributed by atoms with E-state index in [2.05, 4.69) is 5.32 Å². The first-order valence-electron chi connectivity index (χ1n) is 6.75. The van der Waals surface area contributed by atoms with E-state index < -0.39 is 24.6 Å². The number of nitrogens with zero attached hydrogens (tertiary/aromatic N) is 1. The average molecular weight is 320 g/mol. The minimum absolute atomic E-state index is 0.0513. The summed E-state index contributed by atoms with van der Waals surface area (Å²) >= 11 is 0. The second-order valence-electron chi connectivity index (χ2n) is 5.17. The highest BCUT2D eigenvalue weighted by Gasteiger charge is 2.36. The predicted molar refractivity (Wildman–Crippen MR) is 73.7 cm³/mol. The van der Waals surface area contributed by atoms with Gasteiger partial charge in [-0.1, -0.05) is 5.57 Å². The number of morpholine rings is 1. The van der Waals surface area contributed by atoms with Gasteiger partial charge in [0.15, 0.2) is 0 Å².